The Balaban J connectivity index is 1.48. The molecule has 0 saturated carbocycles. The van der Waals surface area contributed by atoms with Gasteiger partial charge >= 0.3 is 0 Å². The van der Waals surface area contributed by atoms with Crippen molar-refractivity contribution in [3.05, 3.63) is 53.6 Å². The maximum atomic E-state index is 12.8. The third kappa shape index (κ3) is 4.16. The summed E-state index contributed by atoms with van der Waals surface area (Å²) in [4.78, 5) is 12.6. The van der Waals surface area contributed by atoms with Crippen LogP contribution in [0, 0.1) is 0 Å². The van der Waals surface area contributed by atoms with Crippen LogP contribution in [-0.4, -0.2) is 57.4 Å². The van der Waals surface area contributed by atoms with Crippen LogP contribution in [0.5, 0.6) is 11.5 Å². The largest absolute Gasteiger partial charge is 0.454 e. The first-order chi connectivity index (χ1) is 14.4. The molecular formula is C20H21N3O6S. The van der Waals surface area contributed by atoms with Crippen molar-refractivity contribution in [3.8, 4) is 11.5 Å². The van der Waals surface area contributed by atoms with Crippen LogP contribution in [-0.2, 0) is 14.8 Å². The SMILES string of the molecule is C/C(=N\NC(=O)c1cccc(S(=O)(=O)N2CCOCC2)c1)c1ccc2c(c1)OCO2. The molecule has 2 aromatic carbocycles. The lowest BCUT2D eigenvalue weighted by atomic mass is 10.1. The molecule has 4 rings (SSSR count). The quantitative estimate of drug-likeness (QED) is 0.569. The molecule has 0 aromatic heterocycles. The number of sulfonamides is 1. The van der Waals surface area contributed by atoms with Crippen molar-refractivity contribution >= 4 is 21.6 Å². The molecule has 0 spiro atoms. The predicted molar refractivity (Wildman–Crippen MR) is 108 cm³/mol. The fourth-order valence-corrected chi connectivity index (χ4v) is 4.57. The summed E-state index contributed by atoms with van der Waals surface area (Å²) in [5.74, 6) is 0.775. The number of hydrazone groups is 1. The van der Waals surface area contributed by atoms with E-state index in [1.807, 2.05) is 6.07 Å². The number of carbonyl (C=O) groups excluding carboxylic acids is 1. The maximum Gasteiger partial charge on any atom is 0.271 e. The summed E-state index contributed by atoms with van der Waals surface area (Å²) in [6, 6.07) is 11.3. The van der Waals surface area contributed by atoms with Crippen molar-refractivity contribution in [2.24, 2.45) is 5.10 Å². The molecule has 1 amide bonds. The Morgan fingerprint density at radius 1 is 1.03 bits per heavy atom. The summed E-state index contributed by atoms with van der Waals surface area (Å²) < 4.78 is 42.8. The smallest absolute Gasteiger partial charge is 0.271 e. The number of ether oxygens (including phenoxy) is 3. The monoisotopic (exact) mass is 431 g/mol. The Bertz CT molecular complexity index is 1090. The van der Waals surface area contributed by atoms with Gasteiger partial charge in [0.2, 0.25) is 16.8 Å². The van der Waals surface area contributed by atoms with Crippen LogP contribution in [0.1, 0.15) is 22.8 Å². The zero-order valence-electron chi connectivity index (χ0n) is 16.3. The first-order valence-electron chi connectivity index (χ1n) is 9.38. The minimum atomic E-state index is -3.69. The van der Waals surface area contributed by atoms with E-state index in [1.54, 1.807) is 25.1 Å². The molecule has 0 radical (unpaired) electrons. The van der Waals surface area contributed by atoms with E-state index < -0.39 is 15.9 Å². The van der Waals surface area contributed by atoms with Crippen LogP contribution in [0.25, 0.3) is 0 Å². The number of fused-ring (bicyclic) bond motifs is 1. The van der Waals surface area contributed by atoms with Crippen molar-refractivity contribution in [2.75, 3.05) is 33.1 Å². The first-order valence-corrected chi connectivity index (χ1v) is 10.8. The van der Waals surface area contributed by atoms with Crippen LogP contribution >= 0.6 is 0 Å². The number of nitrogens with one attached hydrogen (secondary N) is 1. The lowest BCUT2D eigenvalue weighted by Crippen LogP contribution is -2.40. The van der Waals surface area contributed by atoms with Gasteiger partial charge in [-0.05, 0) is 43.3 Å². The highest BCUT2D eigenvalue weighted by Crippen LogP contribution is 2.32. The maximum absolute atomic E-state index is 12.8. The number of amides is 1. The molecule has 10 heteroatoms. The summed E-state index contributed by atoms with van der Waals surface area (Å²) in [6.07, 6.45) is 0. The summed E-state index contributed by atoms with van der Waals surface area (Å²) in [5.41, 5.74) is 4.01. The van der Waals surface area contributed by atoms with Crippen LogP contribution in [0.3, 0.4) is 0 Å². The Morgan fingerprint density at radius 2 is 1.80 bits per heavy atom. The second-order valence-electron chi connectivity index (χ2n) is 6.75. The van der Waals surface area contributed by atoms with Crippen molar-refractivity contribution < 1.29 is 27.4 Å². The van der Waals surface area contributed by atoms with E-state index in [0.29, 0.717) is 30.4 Å². The van der Waals surface area contributed by atoms with Gasteiger partial charge in [0.05, 0.1) is 23.8 Å². The lowest BCUT2D eigenvalue weighted by Gasteiger charge is -2.26. The Hall–Kier alpha value is -2.95. The van der Waals surface area contributed by atoms with Gasteiger partial charge in [-0.25, -0.2) is 13.8 Å². The molecule has 0 unspecified atom stereocenters. The highest BCUT2D eigenvalue weighted by Gasteiger charge is 2.26. The Labute approximate surface area is 174 Å². The van der Waals surface area contributed by atoms with Crippen molar-refractivity contribution in [3.63, 3.8) is 0 Å². The van der Waals surface area contributed by atoms with E-state index in [2.05, 4.69) is 10.5 Å². The second kappa shape index (κ2) is 8.42. The standard InChI is InChI=1S/C20H21N3O6S/c1-14(15-5-6-18-19(12-15)29-13-28-18)21-22-20(24)16-3-2-4-17(11-16)30(25,26)23-7-9-27-10-8-23/h2-6,11-12H,7-10,13H2,1H3,(H,22,24)/b21-14+. The second-order valence-corrected chi connectivity index (χ2v) is 8.69. The molecule has 0 aliphatic carbocycles. The van der Waals surface area contributed by atoms with Crippen molar-refractivity contribution in [2.45, 2.75) is 11.8 Å². The van der Waals surface area contributed by atoms with Gasteiger partial charge in [0.25, 0.3) is 5.91 Å². The van der Waals surface area contributed by atoms with Crippen LogP contribution in [0.4, 0.5) is 0 Å². The number of morpholine rings is 1. The van der Waals surface area contributed by atoms with Gasteiger partial charge in [-0.15, -0.1) is 0 Å². The van der Waals surface area contributed by atoms with E-state index in [1.165, 1.54) is 22.5 Å². The molecule has 1 N–H and O–H groups in total. The summed E-state index contributed by atoms with van der Waals surface area (Å²) >= 11 is 0. The van der Waals surface area contributed by atoms with E-state index in [4.69, 9.17) is 14.2 Å². The van der Waals surface area contributed by atoms with E-state index >= 15 is 0 Å². The van der Waals surface area contributed by atoms with Gasteiger partial charge < -0.3 is 14.2 Å². The number of carbonyl (C=O) groups is 1. The first kappa shape index (κ1) is 20.3. The van der Waals surface area contributed by atoms with Crippen molar-refractivity contribution in [1.29, 1.82) is 0 Å². The normalized spacial score (nSPS) is 17.0. The van der Waals surface area contributed by atoms with Crippen LogP contribution in [0.2, 0.25) is 0 Å². The number of rotatable bonds is 5. The molecule has 2 aliphatic heterocycles. The molecular weight excluding hydrogens is 410 g/mol. The number of benzene rings is 2. The molecule has 1 saturated heterocycles. The van der Waals surface area contributed by atoms with E-state index in [0.717, 1.165) is 5.56 Å². The summed E-state index contributed by atoms with van der Waals surface area (Å²) in [7, 11) is -3.69. The Kier molecular flexibility index (Phi) is 5.71. The molecule has 158 valence electrons. The van der Waals surface area contributed by atoms with Gasteiger partial charge in [0.1, 0.15) is 0 Å². The topological polar surface area (TPSA) is 107 Å². The van der Waals surface area contributed by atoms with Crippen molar-refractivity contribution in [1.82, 2.24) is 9.73 Å². The third-order valence-corrected chi connectivity index (χ3v) is 6.71. The van der Waals surface area contributed by atoms with Gasteiger partial charge in [-0.3, -0.25) is 4.79 Å². The number of nitrogens with zero attached hydrogens (tertiary/aromatic N) is 2. The molecule has 2 heterocycles. The Morgan fingerprint density at radius 3 is 2.60 bits per heavy atom. The zero-order chi connectivity index (χ0) is 21.1. The summed E-state index contributed by atoms with van der Waals surface area (Å²) in [5, 5.41) is 4.12. The third-order valence-electron chi connectivity index (χ3n) is 4.82. The minimum absolute atomic E-state index is 0.0634. The van der Waals surface area contributed by atoms with Gasteiger partial charge in [-0.1, -0.05) is 6.07 Å². The lowest BCUT2D eigenvalue weighted by molar-refractivity contribution is 0.0730. The highest BCUT2D eigenvalue weighted by atomic mass is 32.2. The highest BCUT2D eigenvalue weighted by molar-refractivity contribution is 7.89. The summed E-state index contributed by atoms with van der Waals surface area (Å²) in [6.45, 7) is 3.21. The molecule has 2 aliphatic rings. The average Bonchev–Trinajstić information content (AvgIpc) is 3.26. The number of hydrogen-bond acceptors (Lipinski definition) is 7. The molecule has 0 bridgehead atoms. The zero-order valence-corrected chi connectivity index (χ0v) is 17.1. The minimum Gasteiger partial charge on any atom is -0.454 e. The van der Waals surface area contributed by atoms with E-state index in [-0.39, 0.29) is 30.3 Å². The van der Waals surface area contributed by atoms with Crippen LogP contribution < -0.4 is 14.9 Å². The molecule has 0 atom stereocenters. The van der Waals surface area contributed by atoms with Gasteiger partial charge in [0.15, 0.2) is 11.5 Å². The van der Waals surface area contributed by atoms with E-state index in [9.17, 15) is 13.2 Å². The number of hydrogen-bond donors (Lipinski definition) is 1. The van der Waals surface area contributed by atoms with Gasteiger partial charge in [0, 0.05) is 24.2 Å². The van der Waals surface area contributed by atoms with Gasteiger partial charge in [-0.2, -0.15) is 9.41 Å². The molecule has 30 heavy (non-hydrogen) atoms. The predicted octanol–water partition coefficient (Wildman–Crippen LogP) is 1.59. The molecule has 9 nitrogen and oxygen atoms in total. The fourth-order valence-electron chi connectivity index (χ4n) is 3.12. The fraction of sp³-hybridized carbons (Fsp3) is 0.300. The average molecular weight is 431 g/mol. The van der Waals surface area contributed by atoms with Crippen LogP contribution in [0.15, 0.2) is 52.5 Å². The molecule has 1 fully saturated rings. The molecule has 2 aromatic rings.